The molecule has 5 nitrogen and oxygen atoms in total. The summed E-state index contributed by atoms with van der Waals surface area (Å²) in [6.45, 7) is 3.68. The molecule has 0 spiro atoms. The van der Waals surface area contributed by atoms with E-state index in [9.17, 15) is 22.0 Å². The van der Waals surface area contributed by atoms with Crippen molar-refractivity contribution in [2.45, 2.75) is 23.6 Å². The van der Waals surface area contributed by atoms with Gasteiger partial charge in [0.25, 0.3) is 0 Å². The van der Waals surface area contributed by atoms with Gasteiger partial charge in [-0.2, -0.15) is 0 Å². The number of hydrogen-bond acceptors (Lipinski definition) is 6. The minimum Gasteiger partial charge on any atom is -0.396 e. The van der Waals surface area contributed by atoms with Gasteiger partial charge in [0.2, 0.25) is 15.6 Å². The van der Waals surface area contributed by atoms with Crippen LogP contribution in [0.4, 0.5) is 25.2 Å². The first kappa shape index (κ1) is 23.6. The summed E-state index contributed by atoms with van der Waals surface area (Å²) in [7, 11) is -4.21. The Morgan fingerprint density at radius 3 is 2.12 bits per heavy atom. The summed E-state index contributed by atoms with van der Waals surface area (Å²) in [5.41, 5.74) is 7.84. The average Bonchev–Trinajstić information content (AvgIpc) is 3.13. The van der Waals surface area contributed by atoms with Gasteiger partial charge in [-0.25, -0.2) is 17.2 Å². The Morgan fingerprint density at radius 2 is 1.50 bits per heavy atom. The summed E-state index contributed by atoms with van der Waals surface area (Å²) in [6.07, 6.45) is 0. The van der Waals surface area contributed by atoms with Crippen molar-refractivity contribution in [1.29, 1.82) is 0 Å². The average molecular weight is 499 g/mol. The highest BCUT2D eigenvalue weighted by Crippen LogP contribution is 2.44. The SMILES string of the molecule is Cc1ccc(C(=O)c2sc(Nc3cc(F)ccc3F)c(S(=O)(=O)c3ccc(C)cc3)c2N)cc1. The predicted octanol–water partition coefficient (Wildman–Crippen LogP) is 6.03. The fourth-order valence-electron chi connectivity index (χ4n) is 3.33. The van der Waals surface area contributed by atoms with E-state index in [4.69, 9.17) is 5.73 Å². The summed E-state index contributed by atoms with van der Waals surface area (Å²) >= 11 is 0.773. The van der Waals surface area contributed by atoms with Crippen LogP contribution < -0.4 is 11.1 Å². The molecule has 1 aromatic heterocycles. The van der Waals surface area contributed by atoms with Crippen LogP contribution in [0, 0.1) is 25.5 Å². The number of thiophene rings is 1. The first-order chi connectivity index (χ1) is 16.1. The fourth-order valence-corrected chi connectivity index (χ4v) is 6.26. The molecule has 0 radical (unpaired) electrons. The molecule has 3 aromatic carbocycles. The van der Waals surface area contributed by atoms with Gasteiger partial charge < -0.3 is 11.1 Å². The molecule has 0 aliphatic carbocycles. The summed E-state index contributed by atoms with van der Waals surface area (Å²) in [5, 5.41) is 2.55. The Bertz CT molecular complexity index is 1490. The summed E-state index contributed by atoms with van der Waals surface area (Å²) in [5.74, 6) is -1.98. The zero-order valence-corrected chi connectivity index (χ0v) is 19.9. The second-order valence-electron chi connectivity index (χ2n) is 7.76. The monoisotopic (exact) mass is 498 g/mol. The molecule has 0 saturated heterocycles. The molecule has 4 rings (SSSR count). The molecule has 0 amide bonds. The van der Waals surface area contributed by atoms with E-state index in [-0.39, 0.29) is 31.0 Å². The molecule has 34 heavy (non-hydrogen) atoms. The first-order valence-electron chi connectivity index (χ1n) is 10.2. The van der Waals surface area contributed by atoms with Crippen LogP contribution in [0.15, 0.2) is 76.5 Å². The lowest BCUT2D eigenvalue weighted by atomic mass is 10.1. The van der Waals surface area contributed by atoms with Crippen molar-refractivity contribution in [3.63, 3.8) is 0 Å². The minimum atomic E-state index is -4.21. The smallest absolute Gasteiger partial charge is 0.211 e. The summed E-state index contributed by atoms with van der Waals surface area (Å²) < 4.78 is 55.2. The maximum atomic E-state index is 14.3. The molecule has 3 N–H and O–H groups in total. The van der Waals surface area contributed by atoms with Crippen LogP contribution in [-0.2, 0) is 9.84 Å². The number of benzene rings is 3. The van der Waals surface area contributed by atoms with Crippen molar-refractivity contribution < 1.29 is 22.0 Å². The lowest BCUT2D eigenvalue weighted by Crippen LogP contribution is -2.08. The molecule has 0 bridgehead atoms. The van der Waals surface area contributed by atoms with Crippen molar-refractivity contribution in [2.24, 2.45) is 0 Å². The lowest BCUT2D eigenvalue weighted by Gasteiger charge is -2.10. The molecule has 0 aliphatic heterocycles. The van der Waals surface area contributed by atoms with Crippen molar-refractivity contribution in [2.75, 3.05) is 11.1 Å². The third-order valence-electron chi connectivity index (χ3n) is 5.20. The number of halogens is 2. The van der Waals surface area contributed by atoms with Gasteiger partial charge >= 0.3 is 0 Å². The number of rotatable bonds is 6. The van der Waals surface area contributed by atoms with E-state index in [1.54, 1.807) is 36.4 Å². The Labute approximate surface area is 199 Å². The van der Waals surface area contributed by atoms with Crippen molar-refractivity contribution in [1.82, 2.24) is 0 Å². The molecule has 0 saturated carbocycles. The molecule has 4 aromatic rings. The maximum absolute atomic E-state index is 14.3. The molecule has 0 atom stereocenters. The standard InChI is InChI=1S/C25H20F2N2O3S2/c1-14-3-7-16(8-4-14)22(30)23-21(28)24(34(31,32)18-10-5-15(2)6-11-18)25(33-23)29-20-13-17(26)9-12-19(20)27/h3-13,29H,28H2,1-2H3. The Balaban J connectivity index is 1.90. The third-order valence-corrected chi connectivity index (χ3v) is 8.30. The number of nitrogen functional groups attached to an aromatic ring is 1. The van der Waals surface area contributed by atoms with Gasteiger partial charge in [-0.05, 0) is 38.1 Å². The zero-order chi connectivity index (χ0) is 24.6. The zero-order valence-electron chi connectivity index (χ0n) is 18.2. The Hall–Kier alpha value is -3.56. The highest BCUT2D eigenvalue weighted by atomic mass is 32.2. The third kappa shape index (κ3) is 4.44. The molecule has 0 aliphatic rings. The number of ketones is 1. The molecular formula is C25H20F2N2O3S2. The van der Waals surface area contributed by atoms with Crippen LogP contribution in [-0.4, -0.2) is 14.2 Å². The quantitative estimate of drug-likeness (QED) is 0.317. The first-order valence-corrected chi connectivity index (χ1v) is 12.5. The Morgan fingerprint density at radius 1 is 0.912 bits per heavy atom. The summed E-state index contributed by atoms with van der Waals surface area (Å²) in [6, 6.07) is 15.6. The molecule has 0 unspecified atom stereocenters. The number of nitrogens with one attached hydrogen (secondary N) is 1. The largest absolute Gasteiger partial charge is 0.396 e. The normalized spacial score (nSPS) is 11.4. The number of hydrogen-bond donors (Lipinski definition) is 2. The van der Waals surface area contributed by atoms with Crippen molar-refractivity contribution in [3.05, 3.63) is 99.9 Å². The van der Waals surface area contributed by atoms with Crippen LogP contribution in [0.3, 0.4) is 0 Å². The predicted molar refractivity (Wildman–Crippen MR) is 130 cm³/mol. The van der Waals surface area contributed by atoms with E-state index >= 15 is 0 Å². The molecular weight excluding hydrogens is 478 g/mol. The lowest BCUT2D eigenvalue weighted by molar-refractivity contribution is 0.104. The van der Waals surface area contributed by atoms with Crippen LogP contribution in [0.1, 0.15) is 26.4 Å². The molecule has 0 fully saturated rings. The van der Waals surface area contributed by atoms with E-state index in [1.807, 2.05) is 13.8 Å². The van der Waals surface area contributed by atoms with Gasteiger partial charge in [-0.1, -0.05) is 47.5 Å². The van der Waals surface area contributed by atoms with E-state index in [2.05, 4.69) is 5.32 Å². The van der Waals surface area contributed by atoms with E-state index < -0.39 is 27.3 Å². The van der Waals surface area contributed by atoms with Crippen LogP contribution in [0.25, 0.3) is 0 Å². The number of nitrogens with two attached hydrogens (primary N) is 1. The van der Waals surface area contributed by atoms with Gasteiger partial charge in [0.05, 0.1) is 16.3 Å². The van der Waals surface area contributed by atoms with Gasteiger partial charge in [-0.3, -0.25) is 4.79 Å². The van der Waals surface area contributed by atoms with Gasteiger partial charge in [0.15, 0.2) is 0 Å². The van der Waals surface area contributed by atoms with Crippen LogP contribution in [0.5, 0.6) is 0 Å². The second-order valence-corrected chi connectivity index (χ2v) is 10.7. The minimum absolute atomic E-state index is 0.0196. The van der Waals surface area contributed by atoms with Crippen molar-refractivity contribution in [3.8, 4) is 0 Å². The van der Waals surface area contributed by atoms with Gasteiger partial charge in [0.1, 0.15) is 26.4 Å². The number of aryl methyl sites for hydroxylation is 2. The number of carbonyl (C=O) groups excluding carboxylic acids is 1. The van der Waals surface area contributed by atoms with E-state index in [0.29, 0.717) is 5.56 Å². The molecule has 9 heteroatoms. The number of anilines is 3. The van der Waals surface area contributed by atoms with Crippen LogP contribution in [0.2, 0.25) is 0 Å². The summed E-state index contributed by atoms with van der Waals surface area (Å²) in [4.78, 5) is 12.8. The highest BCUT2D eigenvalue weighted by Gasteiger charge is 2.32. The maximum Gasteiger partial charge on any atom is 0.211 e. The fraction of sp³-hybridized carbons (Fsp3) is 0.0800. The topological polar surface area (TPSA) is 89.3 Å². The number of carbonyl (C=O) groups is 1. The highest BCUT2D eigenvalue weighted by molar-refractivity contribution is 7.92. The van der Waals surface area contributed by atoms with E-state index in [1.165, 1.54) is 12.1 Å². The van der Waals surface area contributed by atoms with Crippen LogP contribution >= 0.6 is 11.3 Å². The van der Waals surface area contributed by atoms with Crippen molar-refractivity contribution >= 4 is 43.3 Å². The Kier molecular flexibility index (Phi) is 6.24. The van der Waals surface area contributed by atoms with E-state index in [0.717, 1.165) is 40.7 Å². The number of sulfone groups is 1. The molecule has 1 heterocycles. The van der Waals surface area contributed by atoms with Gasteiger partial charge in [-0.15, -0.1) is 11.3 Å². The molecule has 174 valence electrons. The second kappa shape index (κ2) is 9.00. The van der Waals surface area contributed by atoms with Gasteiger partial charge in [0, 0.05) is 11.6 Å².